The summed E-state index contributed by atoms with van der Waals surface area (Å²) in [6.45, 7) is 5.14. The van der Waals surface area contributed by atoms with Gasteiger partial charge in [-0.2, -0.15) is 0 Å². The molecule has 1 unspecified atom stereocenters. The summed E-state index contributed by atoms with van der Waals surface area (Å²) < 4.78 is 11.1. The van der Waals surface area contributed by atoms with Crippen molar-refractivity contribution in [3.8, 4) is 0 Å². The molecular formula is C51H90O4. The fraction of sp³-hybridized carbons (Fsp3) is 0.745. The Morgan fingerprint density at radius 1 is 0.455 bits per heavy atom. The number of allylic oxidation sites excluding steroid dienone is 12. The molecule has 318 valence electrons. The Morgan fingerprint density at radius 3 is 1.25 bits per heavy atom. The van der Waals surface area contributed by atoms with Gasteiger partial charge >= 0.3 is 5.97 Å². The molecule has 0 rings (SSSR count). The van der Waals surface area contributed by atoms with Crippen LogP contribution in [0.2, 0.25) is 0 Å². The van der Waals surface area contributed by atoms with E-state index < -0.39 is 6.10 Å². The van der Waals surface area contributed by atoms with Gasteiger partial charge in [0.1, 0.15) is 6.10 Å². The molecule has 0 aromatic rings. The molecule has 0 aliphatic rings. The molecule has 4 heteroatoms. The first-order valence-corrected chi connectivity index (χ1v) is 23.5. The summed E-state index contributed by atoms with van der Waals surface area (Å²) in [4.78, 5) is 12.2. The van der Waals surface area contributed by atoms with Crippen molar-refractivity contribution in [2.45, 2.75) is 225 Å². The standard InChI is InChI=1S/C51H90O4/c1-3-5-7-9-11-13-15-17-19-21-23-24-25-26-27-28-29-30-32-34-36-38-40-42-44-46-51(53)55-50(48-52)49-54-47-45-43-41-39-37-35-33-31-22-20-18-16-14-12-10-8-6-4-2/h6,8,12,14,18,20-21,23,31,33,37,39,50,52H,3-5,7,9-11,13,15-17,19,22,24-30,32,34-36,38,40-49H2,1-2H3/b8-6-,14-12-,20-18-,23-21-,33-31-,39-37-. The van der Waals surface area contributed by atoms with E-state index in [0.29, 0.717) is 13.0 Å². The maximum atomic E-state index is 12.2. The van der Waals surface area contributed by atoms with E-state index in [1.807, 2.05) is 0 Å². The second-order valence-electron chi connectivity index (χ2n) is 15.4. The second-order valence-corrected chi connectivity index (χ2v) is 15.4. The van der Waals surface area contributed by atoms with E-state index in [4.69, 9.17) is 9.47 Å². The van der Waals surface area contributed by atoms with Gasteiger partial charge in [0.25, 0.3) is 0 Å². The monoisotopic (exact) mass is 767 g/mol. The lowest BCUT2D eigenvalue weighted by Crippen LogP contribution is -2.27. The van der Waals surface area contributed by atoms with Gasteiger partial charge in [-0.15, -0.1) is 0 Å². The average molecular weight is 767 g/mol. The lowest BCUT2D eigenvalue weighted by atomic mass is 10.0. The van der Waals surface area contributed by atoms with Gasteiger partial charge in [0.15, 0.2) is 0 Å². The van der Waals surface area contributed by atoms with E-state index in [2.05, 4.69) is 86.8 Å². The number of aliphatic hydroxyl groups is 1. The van der Waals surface area contributed by atoms with E-state index in [0.717, 1.165) is 64.2 Å². The predicted octanol–water partition coefficient (Wildman–Crippen LogP) is 15.8. The third-order valence-electron chi connectivity index (χ3n) is 10.0. The minimum Gasteiger partial charge on any atom is -0.457 e. The minimum absolute atomic E-state index is 0.192. The van der Waals surface area contributed by atoms with Crippen LogP contribution in [0.1, 0.15) is 219 Å². The van der Waals surface area contributed by atoms with E-state index in [1.165, 1.54) is 135 Å². The molecule has 0 bridgehead atoms. The van der Waals surface area contributed by atoms with Crippen molar-refractivity contribution in [1.82, 2.24) is 0 Å². The maximum absolute atomic E-state index is 12.2. The molecular weight excluding hydrogens is 677 g/mol. The summed E-state index contributed by atoms with van der Waals surface area (Å²) in [5.41, 5.74) is 0. The zero-order valence-corrected chi connectivity index (χ0v) is 36.4. The van der Waals surface area contributed by atoms with Gasteiger partial charge in [-0.05, 0) is 83.5 Å². The molecule has 0 saturated heterocycles. The van der Waals surface area contributed by atoms with Gasteiger partial charge in [-0.3, -0.25) is 4.79 Å². The quantitative estimate of drug-likeness (QED) is 0.0381. The van der Waals surface area contributed by atoms with Gasteiger partial charge in [0.05, 0.1) is 13.2 Å². The predicted molar refractivity (Wildman–Crippen MR) is 242 cm³/mol. The number of hydrogen-bond donors (Lipinski definition) is 1. The van der Waals surface area contributed by atoms with Gasteiger partial charge in [-0.25, -0.2) is 0 Å². The Labute approximate surface area is 342 Å². The van der Waals surface area contributed by atoms with Gasteiger partial charge in [0.2, 0.25) is 0 Å². The van der Waals surface area contributed by atoms with Crippen molar-refractivity contribution in [2.24, 2.45) is 0 Å². The first kappa shape index (κ1) is 52.8. The Morgan fingerprint density at radius 2 is 0.818 bits per heavy atom. The van der Waals surface area contributed by atoms with Crippen molar-refractivity contribution in [3.63, 3.8) is 0 Å². The molecule has 0 heterocycles. The lowest BCUT2D eigenvalue weighted by Gasteiger charge is -2.15. The SMILES string of the molecule is CC/C=C\C/C=C\C/C=C\C/C=C\C/C=C\CCCCOCC(CO)OC(=O)CCCCCCCCCCCCCCC/C=C\CCCCCCCCCC. The number of aliphatic hydroxyl groups excluding tert-OH is 1. The van der Waals surface area contributed by atoms with Crippen molar-refractivity contribution in [3.05, 3.63) is 72.9 Å². The fourth-order valence-corrected chi connectivity index (χ4v) is 6.53. The molecule has 0 saturated carbocycles. The number of unbranched alkanes of at least 4 members (excludes halogenated alkanes) is 23. The third-order valence-corrected chi connectivity index (χ3v) is 10.0. The second kappa shape index (κ2) is 48.0. The zero-order chi connectivity index (χ0) is 39.8. The molecule has 0 aromatic carbocycles. The van der Waals surface area contributed by atoms with Crippen LogP contribution in [-0.2, 0) is 14.3 Å². The topological polar surface area (TPSA) is 55.8 Å². The van der Waals surface area contributed by atoms with E-state index in [-0.39, 0.29) is 19.2 Å². The highest BCUT2D eigenvalue weighted by molar-refractivity contribution is 5.69. The maximum Gasteiger partial charge on any atom is 0.306 e. The summed E-state index contributed by atoms with van der Waals surface area (Å²) >= 11 is 0. The van der Waals surface area contributed by atoms with Gasteiger partial charge in [-0.1, -0.05) is 202 Å². The summed E-state index contributed by atoms with van der Waals surface area (Å²) in [5, 5.41) is 9.62. The smallest absolute Gasteiger partial charge is 0.306 e. The summed E-state index contributed by atoms with van der Waals surface area (Å²) in [5.74, 6) is -0.216. The summed E-state index contributed by atoms with van der Waals surface area (Å²) in [6, 6.07) is 0. The molecule has 1 N–H and O–H groups in total. The molecule has 0 fully saturated rings. The first-order valence-electron chi connectivity index (χ1n) is 23.5. The van der Waals surface area contributed by atoms with E-state index in [9.17, 15) is 9.90 Å². The van der Waals surface area contributed by atoms with Crippen LogP contribution in [0, 0.1) is 0 Å². The van der Waals surface area contributed by atoms with Crippen LogP contribution < -0.4 is 0 Å². The van der Waals surface area contributed by atoms with Crippen molar-refractivity contribution in [1.29, 1.82) is 0 Å². The molecule has 0 spiro atoms. The highest BCUT2D eigenvalue weighted by Crippen LogP contribution is 2.15. The van der Waals surface area contributed by atoms with E-state index >= 15 is 0 Å². The van der Waals surface area contributed by atoms with Crippen LogP contribution in [0.5, 0.6) is 0 Å². The molecule has 0 radical (unpaired) electrons. The Bertz CT molecular complexity index is 942. The first-order chi connectivity index (χ1) is 27.2. The lowest BCUT2D eigenvalue weighted by molar-refractivity contribution is -0.154. The van der Waals surface area contributed by atoms with Crippen molar-refractivity contribution in [2.75, 3.05) is 19.8 Å². The normalized spacial score (nSPS) is 13.0. The van der Waals surface area contributed by atoms with E-state index in [1.54, 1.807) is 0 Å². The average Bonchev–Trinajstić information content (AvgIpc) is 3.19. The van der Waals surface area contributed by atoms with Crippen molar-refractivity contribution >= 4 is 5.97 Å². The highest BCUT2D eigenvalue weighted by atomic mass is 16.6. The minimum atomic E-state index is -0.560. The largest absolute Gasteiger partial charge is 0.457 e. The Balaban J connectivity index is 3.47. The highest BCUT2D eigenvalue weighted by Gasteiger charge is 2.13. The number of ether oxygens (including phenoxy) is 2. The van der Waals surface area contributed by atoms with Gasteiger partial charge < -0.3 is 14.6 Å². The van der Waals surface area contributed by atoms with Gasteiger partial charge in [0, 0.05) is 13.0 Å². The number of rotatable bonds is 43. The molecule has 1 atom stereocenters. The number of hydrogen-bond acceptors (Lipinski definition) is 4. The zero-order valence-electron chi connectivity index (χ0n) is 36.4. The molecule has 0 aliphatic heterocycles. The molecule has 0 amide bonds. The molecule has 0 aromatic heterocycles. The fourth-order valence-electron chi connectivity index (χ4n) is 6.53. The van der Waals surface area contributed by atoms with Crippen LogP contribution in [0.15, 0.2) is 72.9 Å². The molecule has 55 heavy (non-hydrogen) atoms. The van der Waals surface area contributed by atoms with Crippen LogP contribution in [0.4, 0.5) is 0 Å². The van der Waals surface area contributed by atoms with Crippen molar-refractivity contribution < 1.29 is 19.4 Å². The number of esters is 1. The summed E-state index contributed by atoms with van der Waals surface area (Å²) in [7, 11) is 0. The number of carbonyl (C=O) groups excluding carboxylic acids is 1. The van der Waals surface area contributed by atoms with Crippen LogP contribution in [0.3, 0.4) is 0 Å². The summed E-state index contributed by atoms with van der Waals surface area (Å²) in [6.07, 6.45) is 65.6. The Kier molecular flexibility index (Phi) is 46.1. The molecule has 4 nitrogen and oxygen atoms in total. The van der Waals surface area contributed by atoms with Crippen LogP contribution in [-0.4, -0.2) is 37.0 Å². The van der Waals surface area contributed by atoms with Crippen LogP contribution >= 0.6 is 0 Å². The van der Waals surface area contributed by atoms with Crippen LogP contribution in [0.25, 0.3) is 0 Å². The molecule has 0 aliphatic carbocycles. The number of carbonyl (C=O) groups is 1. The Hall–Kier alpha value is -2.17. The third kappa shape index (κ3) is 46.1.